The van der Waals surface area contributed by atoms with E-state index in [9.17, 15) is 4.79 Å². The third kappa shape index (κ3) is 4.20. The fourth-order valence-electron chi connectivity index (χ4n) is 1.06. The average Bonchev–Trinajstić information content (AvgIpc) is 2.28. The van der Waals surface area contributed by atoms with Crippen LogP contribution in [0.5, 0.6) is 5.75 Å². The number of carbonyl (C=O) groups is 1. The Hall–Kier alpha value is -1.07. The Morgan fingerprint density at radius 1 is 1.44 bits per heavy atom. The van der Waals surface area contributed by atoms with Crippen molar-refractivity contribution < 1.29 is 14.6 Å². The summed E-state index contributed by atoms with van der Waals surface area (Å²) in [6, 6.07) is 7.25. The molecule has 1 amide bonds. The van der Waals surface area contributed by atoms with E-state index < -0.39 is 0 Å². The van der Waals surface area contributed by atoms with Crippen LogP contribution >= 0.6 is 15.9 Å². The molecule has 5 heteroatoms. The summed E-state index contributed by atoms with van der Waals surface area (Å²) in [4.78, 5) is 12.9. The van der Waals surface area contributed by atoms with Crippen LogP contribution in [0.15, 0.2) is 28.7 Å². The Morgan fingerprint density at radius 3 is 2.62 bits per heavy atom. The van der Waals surface area contributed by atoms with Crippen molar-refractivity contribution in [2.75, 3.05) is 26.8 Å². The lowest BCUT2D eigenvalue weighted by Gasteiger charge is -2.15. The number of ether oxygens (including phenoxy) is 1. The lowest BCUT2D eigenvalue weighted by atomic mass is 10.3. The zero-order valence-electron chi connectivity index (χ0n) is 9.02. The Labute approximate surface area is 103 Å². The number of aliphatic hydroxyl groups excluding tert-OH is 1. The minimum absolute atomic E-state index is 0.0157. The molecule has 0 saturated carbocycles. The van der Waals surface area contributed by atoms with Crippen LogP contribution in [0.25, 0.3) is 0 Å². The maximum absolute atomic E-state index is 11.5. The summed E-state index contributed by atoms with van der Waals surface area (Å²) < 4.78 is 6.26. The van der Waals surface area contributed by atoms with Gasteiger partial charge in [0.1, 0.15) is 5.75 Å². The van der Waals surface area contributed by atoms with E-state index in [1.165, 1.54) is 4.90 Å². The number of amides is 1. The summed E-state index contributed by atoms with van der Waals surface area (Å²) in [5.74, 6) is 0.492. The molecule has 0 heterocycles. The minimum atomic E-state index is -0.156. The average molecular weight is 288 g/mol. The molecule has 0 spiro atoms. The van der Waals surface area contributed by atoms with Crippen LogP contribution in [0.4, 0.5) is 0 Å². The van der Waals surface area contributed by atoms with Crippen molar-refractivity contribution in [1.82, 2.24) is 4.90 Å². The van der Waals surface area contributed by atoms with E-state index in [1.54, 1.807) is 19.2 Å². The molecule has 1 aromatic carbocycles. The summed E-state index contributed by atoms with van der Waals surface area (Å²) in [6.07, 6.45) is 0. The van der Waals surface area contributed by atoms with Crippen LogP contribution in [0, 0.1) is 0 Å². The van der Waals surface area contributed by atoms with Crippen molar-refractivity contribution >= 4 is 21.8 Å². The number of carbonyl (C=O) groups excluding carboxylic acids is 1. The molecule has 4 nitrogen and oxygen atoms in total. The van der Waals surface area contributed by atoms with Gasteiger partial charge in [-0.15, -0.1) is 0 Å². The number of aliphatic hydroxyl groups is 1. The molecule has 0 aliphatic heterocycles. The van der Waals surface area contributed by atoms with Crippen LogP contribution in [-0.2, 0) is 4.79 Å². The van der Waals surface area contributed by atoms with Crippen LogP contribution in [-0.4, -0.2) is 42.7 Å². The van der Waals surface area contributed by atoms with Crippen molar-refractivity contribution in [3.63, 3.8) is 0 Å². The number of rotatable bonds is 5. The zero-order valence-corrected chi connectivity index (χ0v) is 10.6. The molecule has 88 valence electrons. The van der Waals surface area contributed by atoms with E-state index in [0.717, 1.165) is 4.47 Å². The maximum atomic E-state index is 11.5. The van der Waals surface area contributed by atoms with Crippen LogP contribution < -0.4 is 4.74 Å². The van der Waals surface area contributed by atoms with Gasteiger partial charge >= 0.3 is 0 Å². The SMILES string of the molecule is CN(CCO)C(=O)COc1ccc(Br)cc1. The molecule has 0 bridgehead atoms. The highest BCUT2D eigenvalue weighted by atomic mass is 79.9. The number of benzene rings is 1. The highest BCUT2D eigenvalue weighted by molar-refractivity contribution is 9.10. The number of nitrogens with zero attached hydrogens (tertiary/aromatic N) is 1. The topological polar surface area (TPSA) is 49.8 Å². The fourth-order valence-corrected chi connectivity index (χ4v) is 1.33. The second-order valence-electron chi connectivity index (χ2n) is 3.28. The van der Waals surface area contributed by atoms with Crippen LogP contribution in [0.1, 0.15) is 0 Å². The standard InChI is InChI=1S/C11H14BrNO3/c1-13(6-7-14)11(15)8-16-10-4-2-9(12)3-5-10/h2-5,14H,6-8H2,1H3. The number of hydrogen-bond acceptors (Lipinski definition) is 3. The Bertz CT molecular complexity index is 340. The Balaban J connectivity index is 2.39. The van der Waals surface area contributed by atoms with E-state index >= 15 is 0 Å². The summed E-state index contributed by atoms with van der Waals surface area (Å²) in [5.41, 5.74) is 0. The lowest BCUT2D eigenvalue weighted by molar-refractivity contribution is -0.132. The van der Waals surface area contributed by atoms with Gasteiger partial charge in [-0.05, 0) is 24.3 Å². The van der Waals surface area contributed by atoms with E-state index in [2.05, 4.69) is 15.9 Å². The molecule has 0 aromatic heterocycles. The van der Waals surface area contributed by atoms with Crippen LogP contribution in [0.2, 0.25) is 0 Å². The zero-order chi connectivity index (χ0) is 12.0. The monoisotopic (exact) mass is 287 g/mol. The van der Waals surface area contributed by atoms with Crippen molar-refractivity contribution in [3.05, 3.63) is 28.7 Å². The highest BCUT2D eigenvalue weighted by Crippen LogP contribution is 2.15. The van der Waals surface area contributed by atoms with Gasteiger partial charge in [0.25, 0.3) is 5.91 Å². The fraction of sp³-hybridized carbons (Fsp3) is 0.364. The molecule has 0 aliphatic rings. The van der Waals surface area contributed by atoms with Gasteiger partial charge in [0.2, 0.25) is 0 Å². The van der Waals surface area contributed by atoms with Gasteiger partial charge in [-0.3, -0.25) is 4.79 Å². The molecular weight excluding hydrogens is 274 g/mol. The number of hydrogen-bond donors (Lipinski definition) is 1. The molecule has 1 N–H and O–H groups in total. The largest absolute Gasteiger partial charge is 0.484 e. The maximum Gasteiger partial charge on any atom is 0.260 e. The molecule has 0 atom stereocenters. The quantitative estimate of drug-likeness (QED) is 0.888. The van der Waals surface area contributed by atoms with Crippen LogP contribution in [0.3, 0.4) is 0 Å². The highest BCUT2D eigenvalue weighted by Gasteiger charge is 2.08. The van der Waals surface area contributed by atoms with E-state index in [-0.39, 0.29) is 19.1 Å². The predicted octanol–water partition coefficient (Wildman–Crippen LogP) is 1.28. The predicted molar refractivity (Wildman–Crippen MR) is 64.4 cm³/mol. The first-order valence-corrected chi connectivity index (χ1v) is 5.66. The molecule has 0 radical (unpaired) electrons. The van der Waals surface area contributed by atoms with Gasteiger partial charge in [0, 0.05) is 18.1 Å². The molecule has 0 fully saturated rings. The Morgan fingerprint density at radius 2 is 2.06 bits per heavy atom. The first kappa shape index (κ1) is 13.0. The molecule has 16 heavy (non-hydrogen) atoms. The van der Waals surface area contributed by atoms with Gasteiger partial charge in [-0.2, -0.15) is 0 Å². The molecular formula is C11H14BrNO3. The third-order valence-corrected chi connectivity index (χ3v) is 2.57. The van der Waals surface area contributed by atoms with E-state index in [0.29, 0.717) is 12.3 Å². The van der Waals surface area contributed by atoms with E-state index in [1.807, 2.05) is 12.1 Å². The Kier molecular flexibility index (Phi) is 5.28. The van der Waals surface area contributed by atoms with Gasteiger partial charge in [0.15, 0.2) is 6.61 Å². The molecule has 0 aliphatic carbocycles. The number of halogens is 1. The van der Waals surface area contributed by atoms with Gasteiger partial charge in [-0.1, -0.05) is 15.9 Å². The molecule has 0 unspecified atom stereocenters. The summed E-state index contributed by atoms with van der Waals surface area (Å²) in [7, 11) is 1.63. The summed E-state index contributed by atoms with van der Waals surface area (Å²) in [5, 5.41) is 8.66. The van der Waals surface area contributed by atoms with E-state index in [4.69, 9.17) is 9.84 Å². The summed E-state index contributed by atoms with van der Waals surface area (Å²) >= 11 is 3.31. The third-order valence-electron chi connectivity index (χ3n) is 2.04. The second-order valence-corrected chi connectivity index (χ2v) is 4.20. The smallest absolute Gasteiger partial charge is 0.260 e. The summed E-state index contributed by atoms with van der Waals surface area (Å²) in [6.45, 7) is 0.265. The minimum Gasteiger partial charge on any atom is -0.484 e. The number of likely N-dealkylation sites (N-methyl/N-ethyl adjacent to an activating group) is 1. The molecule has 0 saturated heterocycles. The van der Waals surface area contributed by atoms with Crippen molar-refractivity contribution in [2.24, 2.45) is 0 Å². The van der Waals surface area contributed by atoms with Gasteiger partial charge in [-0.25, -0.2) is 0 Å². The first-order chi connectivity index (χ1) is 7.63. The van der Waals surface area contributed by atoms with Gasteiger partial charge in [0.05, 0.1) is 6.61 Å². The lowest BCUT2D eigenvalue weighted by Crippen LogP contribution is -2.33. The van der Waals surface area contributed by atoms with Crippen molar-refractivity contribution in [3.8, 4) is 5.75 Å². The van der Waals surface area contributed by atoms with Crippen molar-refractivity contribution in [1.29, 1.82) is 0 Å². The van der Waals surface area contributed by atoms with Crippen molar-refractivity contribution in [2.45, 2.75) is 0 Å². The van der Waals surface area contributed by atoms with Gasteiger partial charge < -0.3 is 14.7 Å². The molecule has 1 rings (SSSR count). The molecule has 1 aromatic rings. The first-order valence-electron chi connectivity index (χ1n) is 4.86. The second kappa shape index (κ2) is 6.50. The normalized spacial score (nSPS) is 9.94.